The summed E-state index contributed by atoms with van der Waals surface area (Å²) in [6.07, 6.45) is 4.17. The highest BCUT2D eigenvalue weighted by atomic mass is 32.2. The molecule has 0 amide bonds. The van der Waals surface area contributed by atoms with Crippen molar-refractivity contribution < 1.29 is 0 Å². The van der Waals surface area contributed by atoms with Crippen LogP contribution in [0.4, 0.5) is 0 Å². The Labute approximate surface area is 105 Å². The van der Waals surface area contributed by atoms with Crippen LogP contribution in [0.5, 0.6) is 0 Å². The third-order valence-corrected chi connectivity index (χ3v) is 4.99. The van der Waals surface area contributed by atoms with E-state index in [1.54, 1.807) is 0 Å². The predicted molar refractivity (Wildman–Crippen MR) is 73.2 cm³/mol. The van der Waals surface area contributed by atoms with Crippen LogP contribution in [0.1, 0.15) is 33.1 Å². The lowest BCUT2D eigenvalue weighted by Gasteiger charge is -2.46. The molecule has 0 aliphatic carbocycles. The summed E-state index contributed by atoms with van der Waals surface area (Å²) in [6, 6.07) is 1.48. The lowest BCUT2D eigenvalue weighted by atomic mass is 9.83. The van der Waals surface area contributed by atoms with E-state index in [0.29, 0.717) is 6.04 Å². The number of rotatable bonds is 6. The maximum Gasteiger partial charge on any atom is 0.0226 e. The van der Waals surface area contributed by atoms with Crippen LogP contribution >= 0.6 is 11.8 Å². The predicted octanol–water partition coefficient (Wildman–Crippen LogP) is 2.20. The molecule has 0 aromatic carbocycles. The normalized spacial score (nSPS) is 35.2. The maximum atomic E-state index is 3.85. The van der Waals surface area contributed by atoms with E-state index in [4.69, 9.17) is 0 Å². The highest BCUT2D eigenvalue weighted by Crippen LogP contribution is 2.27. The molecule has 2 atom stereocenters. The second-order valence-corrected chi connectivity index (χ2v) is 6.69. The Hall–Kier alpha value is 0.270. The molecule has 2 bridgehead atoms. The Bertz CT molecular complexity index is 202. The first-order valence-electron chi connectivity index (χ1n) is 6.85. The van der Waals surface area contributed by atoms with Crippen LogP contribution in [-0.2, 0) is 0 Å². The second kappa shape index (κ2) is 6.27. The quantitative estimate of drug-likeness (QED) is 0.719. The molecule has 94 valence electrons. The van der Waals surface area contributed by atoms with Crippen LogP contribution < -0.4 is 5.32 Å². The SMILES string of the molecule is CCSCCC(C)NC1CN2CCC1CC2. The summed E-state index contributed by atoms with van der Waals surface area (Å²) in [4.78, 5) is 2.63. The zero-order chi connectivity index (χ0) is 11.4. The molecule has 2 nitrogen and oxygen atoms in total. The molecule has 0 radical (unpaired) electrons. The van der Waals surface area contributed by atoms with Crippen LogP contribution in [0.15, 0.2) is 0 Å². The summed E-state index contributed by atoms with van der Waals surface area (Å²) >= 11 is 2.06. The van der Waals surface area contributed by atoms with Gasteiger partial charge in [0.15, 0.2) is 0 Å². The average Bonchev–Trinajstić information content (AvgIpc) is 2.31. The van der Waals surface area contributed by atoms with Gasteiger partial charge in [-0.05, 0) is 56.7 Å². The Morgan fingerprint density at radius 1 is 1.38 bits per heavy atom. The van der Waals surface area contributed by atoms with E-state index in [-0.39, 0.29) is 0 Å². The van der Waals surface area contributed by atoms with Crippen molar-refractivity contribution in [2.24, 2.45) is 5.92 Å². The molecule has 3 aliphatic heterocycles. The smallest absolute Gasteiger partial charge is 0.0226 e. The Morgan fingerprint density at radius 3 is 2.69 bits per heavy atom. The Kier molecular flexibility index (Phi) is 4.98. The zero-order valence-corrected chi connectivity index (χ0v) is 11.6. The summed E-state index contributed by atoms with van der Waals surface area (Å²) in [7, 11) is 0. The first-order valence-corrected chi connectivity index (χ1v) is 8.01. The number of thioether (sulfide) groups is 1. The molecule has 3 saturated heterocycles. The van der Waals surface area contributed by atoms with E-state index in [2.05, 4.69) is 35.8 Å². The zero-order valence-electron chi connectivity index (χ0n) is 10.7. The summed E-state index contributed by atoms with van der Waals surface area (Å²) in [5, 5.41) is 3.85. The van der Waals surface area contributed by atoms with Crippen molar-refractivity contribution in [2.75, 3.05) is 31.1 Å². The molecule has 16 heavy (non-hydrogen) atoms. The molecule has 0 aromatic rings. The van der Waals surface area contributed by atoms with Gasteiger partial charge in [0.1, 0.15) is 0 Å². The van der Waals surface area contributed by atoms with E-state index in [9.17, 15) is 0 Å². The molecule has 3 aliphatic rings. The minimum Gasteiger partial charge on any atom is -0.310 e. The lowest BCUT2D eigenvalue weighted by molar-refractivity contribution is 0.0679. The molecule has 3 fully saturated rings. The number of fused-ring (bicyclic) bond motifs is 3. The third kappa shape index (κ3) is 3.38. The number of nitrogens with one attached hydrogen (secondary N) is 1. The van der Waals surface area contributed by atoms with Gasteiger partial charge in [0.25, 0.3) is 0 Å². The molecule has 3 heterocycles. The fourth-order valence-electron chi connectivity index (χ4n) is 3.01. The molecule has 1 N–H and O–H groups in total. The highest BCUT2D eigenvalue weighted by molar-refractivity contribution is 7.99. The topological polar surface area (TPSA) is 15.3 Å². The van der Waals surface area contributed by atoms with Gasteiger partial charge in [0.05, 0.1) is 0 Å². The number of hydrogen-bond donors (Lipinski definition) is 1. The fraction of sp³-hybridized carbons (Fsp3) is 1.00. The monoisotopic (exact) mass is 242 g/mol. The van der Waals surface area contributed by atoms with Gasteiger partial charge in [-0.15, -0.1) is 0 Å². The maximum absolute atomic E-state index is 3.85. The van der Waals surface area contributed by atoms with E-state index in [0.717, 1.165) is 12.0 Å². The van der Waals surface area contributed by atoms with Crippen molar-refractivity contribution >= 4 is 11.8 Å². The van der Waals surface area contributed by atoms with Crippen molar-refractivity contribution in [3.63, 3.8) is 0 Å². The van der Waals surface area contributed by atoms with Crippen LogP contribution in [-0.4, -0.2) is 48.1 Å². The number of hydrogen-bond acceptors (Lipinski definition) is 3. The van der Waals surface area contributed by atoms with Gasteiger partial charge in [0, 0.05) is 18.6 Å². The van der Waals surface area contributed by atoms with Crippen molar-refractivity contribution in [3.8, 4) is 0 Å². The average molecular weight is 242 g/mol. The summed E-state index contributed by atoms with van der Waals surface area (Å²) in [5.41, 5.74) is 0. The van der Waals surface area contributed by atoms with Gasteiger partial charge in [0.2, 0.25) is 0 Å². The minimum atomic E-state index is 0.699. The van der Waals surface area contributed by atoms with Crippen LogP contribution in [0.2, 0.25) is 0 Å². The van der Waals surface area contributed by atoms with E-state index in [1.165, 1.54) is 50.4 Å². The van der Waals surface area contributed by atoms with Crippen LogP contribution in [0.25, 0.3) is 0 Å². The molecular formula is C13H26N2S. The van der Waals surface area contributed by atoms with Gasteiger partial charge < -0.3 is 10.2 Å². The van der Waals surface area contributed by atoms with Crippen molar-refractivity contribution in [3.05, 3.63) is 0 Å². The van der Waals surface area contributed by atoms with Gasteiger partial charge in [-0.25, -0.2) is 0 Å². The Balaban J connectivity index is 1.68. The van der Waals surface area contributed by atoms with Gasteiger partial charge in [-0.3, -0.25) is 0 Å². The van der Waals surface area contributed by atoms with Crippen LogP contribution in [0.3, 0.4) is 0 Å². The van der Waals surface area contributed by atoms with Crippen LogP contribution in [0, 0.1) is 5.92 Å². The van der Waals surface area contributed by atoms with Gasteiger partial charge in [-0.1, -0.05) is 6.92 Å². The second-order valence-electron chi connectivity index (χ2n) is 5.30. The van der Waals surface area contributed by atoms with E-state index in [1.807, 2.05) is 0 Å². The Morgan fingerprint density at radius 2 is 2.12 bits per heavy atom. The molecular weight excluding hydrogens is 216 g/mol. The molecule has 3 heteroatoms. The lowest BCUT2D eigenvalue weighted by Crippen LogP contribution is -2.57. The molecule has 0 spiro atoms. The summed E-state index contributed by atoms with van der Waals surface area (Å²) < 4.78 is 0. The largest absolute Gasteiger partial charge is 0.310 e. The first-order chi connectivity index (χ1) is 7.79. The summed E-state index contributed by atoms with van der Waals surface area (Å²) in [6.45, 7) is 8.60. The number of piperidine rings is 3. The first kappa shape index (κ1) is 12.7. The third-order valence-electron chi connectivity index (χ3n) is 4.05. The van der Waals surface area contributed by atoms with Gasteiger partial charge in [-0.2, -0.15) is 11.8 Å². The van der Waals surface area contributed by atoms with Gasteiger partial charge >= 0.3 is 0 Å². The molecule has 3 rings (SSSR count). The van der Waals surface area contributed by atoms with Crippen molar-refractivity contribution in [1.82, 2.24) is 10.2 Å². The van der Waals surface area contributed by atoms with Crippen molar-refractivity contribution in [2.45, 2.75) is 45.2 Å². The van der Waals surface area contributed by atoms with E-state index < -0.39 is 0 Å². The summed E-state index contributed by atoms with van der Waals surface area (Å²) in [5.74, 6) is 3.53. The minimum absolute atomic E-state index is 0.699. The number of nitrogens with zero attached hydrogens (tertiary/aromatic N) is 1. The molecule has 0 aromatic heterocycles. The molecule has 0 saturated carbocycles. The van der Waals surface area contributed by atoms with Crippen molar-refractivity contribution in [1.29, 1.82) is 0 Å². The fourth-order valence-corrected chi connectivity index (χ4v) is 3.82. The highest BCUT2D eigenvalue weighted by Gasteiger charge is 2.34. The molecule has 2 unspecified atom stereocenters. The standard InChI is InChI=1S/C13H26N2S/c1-3-16-9-6-11(2)14-13-10-15-7-4-12(13)5-8-15/h11-14H,3-10H2,1-2H3. The van der Waals surface area contributed by atoms with E-state index >= 15 is 0 Å².